The van der Waals surface area contributed by atoms with Gasteiger partial charge in [-0.25, -0.2) is 0 Å². The van der Waals surface area contributed by atoms with Crippen LogP contribution in [0.2, 0.25) is 0 Å². The van der Waals surface area contributed by atoms with E-state index in [1.807, 2.05) is 44.3 Å². The van der Waals surface area contributed by atoms with Crippen LogP contribution in [0.4, 0.5) is 0 Å². The van der Waals surface area contributed by atoms with Gasteiger partial charge in [-0.05, 0) is 31.1 Å². The van der Waals surface area contributed by atoms with Crippen molar-refractivity contribution in [3.05, 3.63) is 48.3 Å². The average molecular weight is 159 g/mol. The van der Waals surface area contributed by atoms with E-state index in [1.54, 1.807) is 0 Å². The second-order valence-electron chi connectivity index (χ2n) is 2.75. The molecule has 1 nitrogen and oxygen atoms in total. The first kappa shape index (κ1) is 8.72. The molecule has 0 N–H and O–H groups in total. The van der Waals surface area contributed by atoms with E-state index in [0.717, 1.165) is 11.3 Å². The van der Waals surface area contributed by atoms with E-state index < -0.39 is 0 Å². The Morgan fingerprint density at radius 2 is 2.25 bits per heavy atom. The van der Waals surface area contributed by atoms with Gasteiger partial charge in [-0.3, -0.25) is 4.98 Å². The first-order valence-corrected chi connectivity index (χ1v) is 3.98. The zero-order valence-corrected chi connectivity index (χ0v) is 7.54. The van der Waals surface area contributed by atoms with Gasteiger partial charge in [0, 0.05) is 6.20 Å². The molecule has 1 heteroatoms. The van der Waals surface area contributed by atoms with Gasteiger partial charge in [0.2, 0.25) is 0 Å². The Balaban J connectivity index is 2.90. The van der Waals surface area contributed by atoms with Gasteiger partial charge >= 0.3 is 0 Å². The molecule has 0 radical (unpaired) electrons. The third kappa shape index (κ3) is 2.06. The lowest BCUT2D eigenvalue weighted by Gasteiger charge is -1.98. The summed E-state index contributed by atoms with van der Waals surface area (Å²) in [5, 5.41) is 0. The summed E-state index contributed by atoms with van der Waals surface area (Å²) in [6, 6.07) is 4.02. The lowest BCUT2D eigenvalue weighted by molar-refractivity contribution is 1.23. The predicted octanol–water partition coefficient (Wildman–Crippen LogP) is 2.98. The van der Waals surface area contributed by atoms with Crippen LogP contribution in [0.1, 0.15) is 18.2 Å². The molecular formula is C11H13N. The van der Waals surface area contributed by atoms with Gasteiger partial charge in [0.15, 0.2) is 0 Å². The highest BCUT2D eigenvalue weighted by molar-refractivity contribution is 5.69. The summed E-state index contributed by atoms with van der Waals surface area (Å²) in [7, 11) is 0. The highest BCUT2D eigenvalue weighted by Gasteiger charge is 1.94. The Morgan fingerprint density at radius 1 is 1.50 bits per heavy atom. The van der Waals surface area contributed by atoms with Gasteiger partial charge in [0.1, 0.15) is 0 Å². The van der Waals surface area contributed by atoms with Crippen LogP contribution in [0.25, 0.3) is 5.57 Å². The molecule has 0 atom stereocenters. The summed E-state index contributed by atoms with van der Waals surface area (Å²) in [4.78, 5) is 4.25. The van der Waals surface area contributed by atoms with E-state index in [9.17, 15) is 0 Å². The smallest absolute Gasteiger partial charge is 0.0696 e. The van der Waals surface area contributed by atoms with E-state index >= 15 is 0 Å². The Kier molecular flexibility index (Phi) is 2.81. The minimum atomic E-state index is 0.943. The van der Waals surface area contributed by atoms with Gasteiger partial charge in [0.25, 0.3) is 0 Å². The number of aromatic nitrogens is 1. The third-order valence-corrected chi connectivity index (χ3v) is 1.61. The normalized spacial score (nSPS) is 10.5. The minimum absolute atomic E-state index is 0.943. The minimum Gasteiger partial charge on any atom is -0.256 e. The molecule has 0 saturated heterocycles. The van der Waals surface area contributed by atoms with Crippen LogP contribution in [0.5, 0.6) is 0 Å². The highest BCUT2D eigenvalue weighted by Crippen LogP contribution is 2.10. The molecule has 0 spiro atoms. The topological polar surface area (TPSA) is 12.9 Å². The van der Waals surface area contributed by atoms with E-state index in [1.165, 1.54) is 5.56 Å². The molecule has 0 amide bonds. The second-order valence-corrected chi connectivity index (χ2v) is 2.75. The molecule has 1 aromatic heterocycles. The maximum atomic E-state index is 4.25. The Bertz CT molecular complexity index is 293. The Hall–Kier alpha value is -1.37. The zero-order valence-electron chi connectivity index (χ0n) is 7.54. The number of nitrogens with zero attached hydrogens (tertiary/aromatic N) is 1. The van der Waals surface area contributed by atoms with Crippen molar-refractivity contribution in [3.8, 4) is 0 Å². The first-order valence-electron chi connectivity index (χ1n) is 3.98. The van der Waals surface area contributed by atoms with E-state index in [2.05, 4.69) is 11.6 Å². The van der Waals surface area contributed by atoms with Crippen molar-refractivity contribution in [3.63, 3.8) is 0 Å². The van der Waals surface area contributed by atoms with Crippen LogP contribution in [-0.2, 0) is 0 Å². The highest BCUT2D eigenvalue weighted by atomic mass is 14.7. The fourth-order valence-corrected chi connectivity index (χ4v) is 0.944. The van der Waals surface area contributed by atoms with Crippen LogP contribution in [-0.4, -0.2) is 4.98 Å². The Labute approximate surface area is 73.5 Å². The number of rotatable bonds is 2. The van der Waals surface area contributed by atoms with Gasteiger partial charge in [-0.2, -0.15) is 0 Å². The summed E-state index contributed by atoms with van der Waals surface area (Å²) in [6.45, 7) is 7.89. The number of allylic oxidation sites excluding steroid dienone is 3. The molecule has 0 aromatic carbocycles. The molecule has 0 saturated carbocycles. The fourth-order valence-electron chi connectivity index (χ4n) is 0.944. The molecule has 0 aliphatic rings. The van der Waals surface area contributed by atoms with Crippen LogP contribution >= 0.6 is 0 Å². The first-order chi connectivity index (χ1) is 5.74. The van der Waals surface area contributed by atoms with Crippen molar-refractivity contribution in [1.29, 1.82) is 0 Å². The molecule has 0 bridgehead atoms. The lowest BCUT2D eigenvalue weighted by atomic mass is 10.1. The number of pyridine rings is 1. The Morgan fingerprint density at radius 3 is 2.75 bits per heavy atom. The largest absolute Gasteiger partial charge is 0.256 e. The standard InChI is InChI=1S/C11H13N/c1-4-5-10(3)11-7-6-9(2)8-12-11/h4-8H,3H2,1-2H3/b5-4-. The van der Waals surface area contributed by atoms with Gasteiger partial charge in [0.05, 0.1) is 5.69 Å². The summed E-state index contributed by atoms with van der Waals surface area (Å²) in [6.07, 6.45) is 5.77. The molecule has 0 unspecified atom stereocenters. The lowest BCUT2D eigenvalue weighted by Crippen LogP contribution is -1.85. The number of aryl methyl sites for hydroxylation is 1. The van der Waals surface area contributed by atoms with Gasteiger partial charge < -0.3 is 0 Å². The quantitative estimate of drug-likeness (QED) is 0.604. The van der Waals surface area contributed by atoms with Crippen molar-refractivity contribution < 1.29 is 0 Å². The van der Waals surface area contributed by atoms with Crippen LogP contribution in [0.3, 0.4) is 0 Å². The van der Waals surface area contributed by atoms with Gasteiger partial charge in [-0.15, -0.1) is 0 Å². The van der Waals surface area contributed by atoms with Crippen molar-refractivity contribution in [2.45, 2.75) is 13.8 Å². The monoisotopic (exact) mass is 159 g/mol. The molecule has 1 heterocycles. The van der Waals surface area contributed by atoms with Crippen molar-refractivity contribution >= 4 is 5.57 Å². The zero-order chi connectivity index (χ0) is 8.97. The molecular weight excluding hydrogens is 146 g/mol. The summed E-state index contributed by atoms with van der Waals surface area (Å²) in [5.41, 5.74) is 3.07. The van der Waals surface area contributed by atoms with Crippen molar-refractivity contribution in [2.75, 3.05) is 0 Å². The molecule has 62 valence electrons. The molecule has 1 aromatic rings. The third-order valence-electron chi connectivity index (χ3n) is 1.61. The fraction of sp³-hybridized carbons (Fsp3) is 0.182. The average Bonchev–Trinajstić information content (AvgIpc) is 2.06. The van der Waals surface area contributed by atoms with E-state index in [4.69, 9.17) is 0 Å². The maximum absolute atomic E-state index is 4.25. The SMILES string of the molecule is C=C(/C=C\C)c1ccc(C)cn1. The van der Waals surface area contributed by atoms with Crippen LogP contribution in [0.15, 0.2) is 37.1 Å². The number of hydrogen-bond acceptors (Lipinski definition) is 1. The maximum Gasteiger partial charge on any atom is 0.0696 e. The number of hydrogen-bond donors (Lipinski definition) is 0. The van der Waals surface area contributed by atoms with Crippen molar-refractivity contribution in [1.82, 2.24) is 4.98 Å². The summed E-state index contributed by atoms with van der Waals surface area (Å²) in [5.74, 6) is 0. The molecule has 0 aliphatic carbocycles. The predicted molar refractivity (Wildman–Crippen MR) is 52.8 cm³/mol. The van der Waals surface area contributed by atoms with Crippen LogP contribution in [0, 0.1) is 6.92 Å². The van der Waals surface area contributed by atoms with Crippen LogP contribution < -0.4 is 0 Å². The van der Waals surface area contributed by atoms with E-state index in [-0.39, 0.29) is 0 Å². The van der Waals surface area contributed by atoms with E-state index in [0.29, 0.717) is 0 Å². The molecule has 12 heavy (non-hydrogen) atoms. The summed E-state index contributed by atoms with van der Waals surface area (Å²) < 4.78 is 0. The molecule has 0 aliphatic heterocycles. The van der Waals surface area contributed by atoms with Crippen molar-refractivity contribution in [2.24, 2.45) is 0 Å². The summed E-state index contributed by atoms with van der Waals surface area (Å²) >= 11 is 0. The van der Waals surface area contributed by atoms with Gasteiger partial charge in [-0.1, -0.05) is 24.8 Å². The molecule has 1 rings (SSSR count). The molecule has 0 fully saturated rings. The second kappa shape index (κ2) is 3.86.